The minimum Gasteiger partial charge on any atom is -0.389 e. The van der Waals surface area contributed by atoms with Crippen LogP contribution in [0.15, 0.2) is 24.3 Å². The van der Waals surface area contributed by atoms with E-state index in [2.05, 4.69) is 4.90 Å². The lowest BCUT2D eigenvalue weighted by Gasteiger charge is -2.39. The van der Waals surface area contributed by atoms with Crippen molar-refractivity contribution in [3.05, 3.63) is 34.9 Å². The normalized spacial score (nSPS) is 26.1. The number of carbonyl (C=O) groups excluding carboxylic acids is 1. The first kappa shape index (κ1) is 14.5. The van der Waals surface area contributed by atoms with Crippen LogP contribution < -0.4 is 0 Å². The summed E-state index contributed by atoms with van der Waals surface area (Å²) in [5, 5.41) is 10.7. The van der Waals surface area contributed by atoms with Crippen molar-refractivity contribution in [3.63, 3.8) is 0 Å². The molecule has 0 aromatic heterocycles. The van der Waals surface area contributed by atoms with Crippen LogP contribution in [0.25, 0.3) is 0 Å². The Labute approximate surface area is 119 Å². The summed E-state index contributed by atoms with van der Waals surface area (Å²) >= 11 is 5.83. The topological polar surface area (TPSA) is 40.5 Å². The van der Waals surface area contributed by atoms with Gasteiger partial charge in [0.1, 0.15) is 0 Å². The zero-order valence-electron chi connectivity index (χ0n) is 11.4. The third kappa shape index (κ3) is 3.56. The second kappa shape index (κ2) is 5.61. The van der Waals surface area contributed by atoms with Crippen LogP contribution in [0.2, 0.25) is 5.02 Å². The fourth-order valence-electron chi connectivity index (χ4n) is 2.61. The average Bonchev–Trinajstić information content (AvgIpc) is 2.37. The first-order valence-corrected chi connectivity index (χ1v) is 7.03. The Morgan fingerprint density at radius 3 is 2.63 bits per heavy atom. The summed E-state index contributed by atoms with van der Waals surface area (Å²) in [6, 6.07) is 6.75. The molecule has 4 heteroatoms. The van der Waals surface area contributed by atoms with Gasteiger partial charge < -0.3 is 5.11 Å². The number of aliphatic hydroxyl groups is 1. The Hall–Kier alpha value is -0.900. The van der Waals surface area contributed by atoms with Gasteiger partial charge in [0.2, 0.25) is 0 Å². The number of likely N-dealkylation sites (tertiary alicyclic amines) is 1. The van der Waals surface area contributed by atoms with Crippen molar-refractivity contribution < 1.29 is 9.90 Å². The first-order valence-electron chi connectivity index (χ1n) is 6.65. The molecule has 0 saturated carbocycles. The van der Waals surface area contributed by atoms with Gasteiger partial charge in [-0.15, -0.1) is 0 Å². The van der Waals surface area contributed by atoms with Crippen LogP contribution in [-0.2, 0) is 0 Å². The van der Waals surface area contributed by atoms with Crippen LogP contribution in [0.1, 0.15) is 37.0 Å². The lowest BCUT2D eigenvalue weighted by atomic mass is 9.92. The maximum absolute atomic E-state index is 12.4. The molecule has 1 aliphatic heterocycles. The molecule has 1 saturated heterocycles. The van der Waals surface area contributed by atoms with Crippen LogP contribution in [-0.4, -0.2) is 40.5 Å². The van der Waals surface area contributed by atoms with Crippen molar-refractivity contribution in [2.45, 2.75) is 38.3 Å². The lowest BCUT2D eigenvalue weighted by molar-refractivity contribution is -0.0242. The van der Waals surface area contributed by atoms with Crippen molar-refractivity contribution in [1.82, 2.24) is 4.90 Å². The molecule has 2 atom stereocenters. The number of hydrogen-bond donors (Lipinski definition) is 1. The van der Waals surface area contributed by atoms with Crippen molar-refractivity contribution in [2.24, 2.45) is 0 Å². The molecule has 0 spiro atoms. The molecule has 1 N–H and O–H groups in total. The number of rotatable bonds is 3. The monoisotopic (exact) mass is 281 g/mol. The number of nitrogens with zero attached hydrogens (tertiary/aromatic N) is 1. The highest BCUT2D eigenvalue weighted by molar-refractivity contribution is 6.30. The minimum absolute atomic E-state index is 0.0781. The summed E-state index contributed by atoms with van der Waals surface area (Å²) in [4.78, 5) is 14.5. The quantitative estimate of drug-likeness (QED) is 0.866. The van der Waals surface area contributed by atoms with Crippen LogP contribution in [0.5, 0.6) is 0 Å². The summed E-state index contributed by atoms with van der Waals surface area (Å²) in [6.07, 6.45) is 1.72. The zero-order chi connectivity index (χ0) is 14.0. The number of hydrogen-bond acceptors (Lipinski definition) is 3. The number of carbonyl (C=O) groups is 1. The van der Waals surface area contributed by atoms with Crippen LogP contribution in [0.3, 0.4) is 0 Å². The Balaban J connectivity index is 2.08. The van der Waals surface area contributed by atoms with Gasteiger partial charge in [-0.25, -0.2) is 0 Å². The molecule has 1 aromatic carbocycles. The summed E-state index contributed by atoms with van der Waals surface area (Å²) in [5.74, 6) is 0.0781. The molecule has 1 fully saturated rings. The minimum atomic E-state index is -0.688. The third-order valence-electron chi connectivity index (χ3n) is 3.76. The van der Waals surface area contributed by atoms with Gasteiger partial charge in [0, 0.05) is 17.1 Å². The summed E-state index contributed by atoms with van der Waals surface area (Å²) in [5.41, 5.74) is -0.0191. The van der Waals surface area contributed by atoms with E-state index in [1.165, 1.54) is 0 Å². The molecule has 2 rings (SSSR count). The van der Waals surface area contributed by atoms with Crippen LogP contribution in [0, 0.1) is 0 Å². The van der Waals surface area contributed by atoms with Gasteiger partial charge in [-0.2, -0.15) is 0 Å². The first-order chi connectivity index (χ1) is 8.89. The van der Waals surface area contributed by atoms with E-state index < -0.39 is 5.60 Å². The van der Waals surface area contributed by atoms with Crippen molar-refractivity contribution >= 4 is 17.4 Å². The summed E-state index contributed by atoms with van der Waals surface area (Å²) in [7, 11) is 0. The maximum Gasteiger partial charge on any atom is 0.179 e. The predicted molar refractivity (Wildman–Crippen MR) is 76.7 cm³/mol. The summed E-state index contributed by atoms with van der Waals surface area (Å²) in [6.45, 7) is 5.14. The van der Waals surface area contributed by atoms with E-state index in [9.17, 15) is 9.90 Å². The van der Waals surface area contributed by atoms with Gasteiger partial charge in [-0.3, -0.25) is 9.69 Å². The fraction of sp³-hybridized carbons (Fsp3) is 0.533. The molecule has 0 radical (unpaired) electrons. The predicted octanol–water partition coefficient (Wildman–Crippen LogP) is 2.76. The van der Waals surface area contributed by atoms with Gasteiger partial charge in [0.25, 0.3) is 0 Å². The highest BCUT2D eigenvalue weighted by atomic mass is 35.5. The van der Waals surface area contributed by atoms with Crippen molar-refractivity contribution in [2.75, 3.05) is 13.1 Å². The molecular weight excluding hydrogens is 262 g/mol. The molecule has 104 valence electrons. The Morgan fingerprint density at radius 1 is 1.42 bits per heavy atom. The molecule has 0 aliphatic carbocycles. The SMILES string of the molecule is CC(C(=O)c1ccc(Cl)cc1)N1CCCC(C)(O)C1. The smallest absolute Gasteiger partial charge is 0.179 e. The number of ketones is 1. The van der Waals surface area contributed by atoms with Crippen molar-refractivity contribution in [3.8, 4) is 0 Å². The van der Waals surface area contributed by atoms with E-state index in [-0.39, 0.29) is 11.8 Å². The van der Waals surface area contributed by atoms with Gasteiger partial charge in [-0.05, 0) is 57.5 Å². The fourth-order valence-corrected chi connectivity index (χ4v) is 2.74. The van der Waals surface area contributed by atoms with E-state index in [0.717, 1.165) is 19.4 Å². The number of Topliss-reactive ketones (excluding diaryl/α,β-unsaturated/α-hetero) is 1. The Kier molecular flexibility index (Phi) is 4.29. The van der Waals surface area contributed by atoms with Gasteiger partial charge >= 0.3 is 0 Å². The van der Waals surface area contributed by atoms with Gasteiger partial charge in [0.15, 0.2) is 5.78 Å². The van der Waals surface area contributed by atoms with E-state index >= 15 is 0 Å². The highest BCUT2D eigenvalue weighted by Crippen LogP contribution is 2.23. The number of benzene rings is 1. The van der Waals surface area contributed by atoms with Gasteiger partial charge in [0.05, 0.1) is 11.6 Å². The van der Waals surface area contributed by atoms with E-state index in [4.69, 9.17) is 11.6 Å². The van der Waals surface area contributed by atoms with Crippen LogP contribution >= 0.6 is 11.6 Å². The van der Waals surface area contributed by atoms with Crippen LogP contribution in [0.4, 0.5) is 0 Å². The largest absolute Gasteiger partial charge is 0.389 e. The molecule has 1 aromatic rings. The van der Waals surface area contributed by atoms with E-state index in [1.807, 2.05) is 13.8 Å². The molecule has 1 aliphatic rings. The zero-order valence-corrected chi connectivity index (χ0v) is 12.2. The molecular formula is C15H20ClNO2. The Bertz CT molecular complexity index is 456. The molecule has 2 unspecified atom stereocenters. The third-order valence-corrected chi connectivity index (χ3v) is 4.01. The Morgan fingerprint density at radius 2 is 2.05 bits per heavy atom. The van der Waals surface area contributed by atoms with Gasteiger partial charge in [-0.1, -0.05) is 11.6 Å². The maximum atomic E-state index is 12.4. The molecule has 19 heavy (non-hydrogen) atoms. The van der Waals surface area contributed by atoms with E-state index in [0.29, 0.717) is 17.1 Å². The standard InChI is InChI=1S/C15H20ClNO2/c1-11(17-9-3-8-15(2,19)10-17)14(18)12-4-6-13(16)7-5-12/h4-7,11,19H,3,8-10H2,1-2H3. The second-order valence-corrected chi connectivity index (χ2v) is 6.05. The summed E-state index contributed by atoms with van der Waals surface area (Å²) < 4.78 is 0. The van der Waals surface area contributed by atoms with E-state index in [1.54, 1.807) is 24.3 Å². The number of halogens is 1. The molecule has 3 nitrogen and oxygen atoms in total. The highest BCUT2D eigenvalue weighted by Gasteiger charge is 2.33. The average molecular weight is 282 g/mol. The number of β-amino-alcohol motifs (C(OH)–C–C–N with tert-alkyl or cyclic N) is 1. The molecule has 0 bridgehead atoms. The molecule has 0 amide bonds. The lowest BCUT2D eigenvalue weighted by Crippen LogP contribution is -2.51. The second-order valence-electron chi connectivity index (χ2n) is 5.62. The van der Waals surface area contributed by atoms with Crippen molar-refractivity contribution in [1.29, 1.82) is 0 Å². The number of piperidine rings is 1. The molecule has 1 heterocycles.